The molecule has 19 heavy (non-hydrogen) atoms. The van der Waals surface area contributed by atoms with E-state index < -0.39 is 0 Å². The van der Waals surface area contributed by atoms with Crippen molar-refractivity contribution in [2.75, 3.05) is 19.6 Å². The fourth-order valence-corrected chi connectivity index (χ4v) is 4.46. The van der Waals surface area contributed by atoms with Crippen LogP contribution in [0.3, 0.4) is 0 Å². The minimum absolute atomic E-state index is 0.303. The third-order valence-electron chi connectivity index (χ3n) is 5.86. The van der Waals surface area contributed by atoms with Crippen LogP contribution in [0, 0.1) is 23.2 Å². The maximum atomic E-state index is 12.1. The van der Waals surface area contributed by atoms with E-state index in [9.17, 15) is 4.79 Å². The lowest BCUT2D eigenvalue weighted by atomic mass is 9.81. The Morgan fingerprint density at radius 3 is 2.68 bits per heavy atom. The van der Waals surface area contributed by atoms with Crippen LogP contribution in [0.2, 0.25) is 0 Å². The fraction of sp³-hybridized carbons (Fsp3) is 0.938. The van der Waals surface area contributed by atoms with Gasteiger partial charge in [0, 0.05) is 13.0 Å². The highest BCUT2D eigenvalue weighted by Crippen LogP contribution is 2.49. The Bertz CT molecular complexity index is 336. The number of carbonyl (C=O) groups is 1. The molecular weight excluding hydrogens is 236 g/mol. The normalized spacial score (nSPS) is 36.4. The van der Waals surface area contributed by atoms with Crippen LogP contribution in [-0.2, 0) is 4.79 Å². The molecular formula is C16H28N2O. The van der Waals surface area contributed by atoms with E-state index in [4.69, 9.17) is 0 Å². The highest BCUT2D eigenvalue weighted by Gasteiger charge is 2.40. The number of amides is 1. The molecule has 1 amide bonds. The van der Waals surface area contributed by atoms with Crippen molar-refractivity contribution in [2.45, 2.75) is 51.9 Å². The molecule has 3 fully saturated rings. The average molecular weight is 264 g/mol. The summed E-state index contributed by atoms with van der Waals surface area (Å²) in [4.78, 5) is 12.1. The van der Waals surface area contributed by atoms with Crippen LogP contribution in [0.5, 0.6) is 0 Å². The van der Waals surface area contributed by atoms with Crippen molar-refractivity contribution in [1.29, 1.82) is 0 Å². The number of hydrogen-bond acceptors (Lipinski definition) is 2. The van der Waals surface area contributed by atoms with Crippen LogP contribution in [0.4, 0.5) is 0 Å². The molecule has 0 aromatic rings. The lowest BCUT2D eigenvalue weighted by Crippen LogP contribution is -2.43. The fourth-order valence-electron chi connectivity index (χ4n) is 4.46. The molecule has 3 aliphatic rings. The van der Waals surface area contributed by atoms with E-state index >= 15 is 0 Å². The van der Waals surface area contributed by atoms with Gasteiger partial charge in [0.05, 0.1) is 0 Å². The predicted molar refractivity (Wildman–Crippen MR) is 76.8 cm³/mol. The Kier molecular flexibility index (Phi) is 3.84. The van der Waals surface area contributed by atoms with Crippen molar-refractivity contribution < 1.29 is 4.79 Å². The van der Waals surface area contributed by atoms with E-state index in [-0.39, 0.29) is 0 Å². The lowest BCUT2D eigenvalue weighted by Gasteiger charge is -2.34. The SMILES string of the molecule is CC1(CNC(=O)CC2CC3CCC2C3)CCNCC1. The highest BCUT2D eigenvalue weighted by atomic mass is 16.1. The summed E-state index contributed by atoms with van der Waals surface area (Å²) >= 11 is 0. The summed E-state index contributed by atoms with van der Waals surface area (Å²) in [5, 5.41) is 6.60. The first kappa shape index (κ1) is 13.4. The van der Waals surface area contributed by atoms with Crippen molar-refractivity contribution in [1.82, 2.24) is 10.6 Å². The van der Waals surface area contributed by atoms with Gasteiger partial charge >= 0.3 is 0 Å². The Morgan fingerprint density at radius 2 is 2.05 bits per heavy atom. The second kappa shape index (κ2) is 5.43. The van der Waals surface area contributed by atoms with Crippen LogP contribution in [0.25, 0.3) is 0 Å². The molecule has 1 heterocycles. The van der Waals surface area contributed by atoms with Crippen molar-refractivity contribution >= 4 is 5.91 Å². The van der Waals surface area contributed by atoms with E-state index in [2.05, 4.69) is 17.6 Å². The number of rotatable bonds is 4. The van der Waals surface area contributed by atoms with E-state index in [1.54, 1.807) is 0 Å². The summed E-state index contributed by atoms with van der Waals surface area (Å²) in [7, 11) is 0. The molecule has 0 aromatic heterocycles. The van der Waals surface area contributed by atoms with E-state index in [1.165, 1.54) is 38.5 Å². The van der Waals surface area contributed by atoms with Crippen molar-refractivity contribution in [3.63, 3.8) is 0 Å². The van der Waals surface area contributed by atoms with E-state index in [0.29, 0.717) is 17.2 Å². The maximum Gasteiger partial charge on any atom is 0.220 e. The maximum absolute atomic E-state index is 12.1. The summed E-state index contributed by atoms with van der Waals surface area (Å²) < 4.78 is 0. The van der Waals surface area contributed by atoms with Gasteiger partial charge in [0.2, 0.25) is 5.91 Å². The Morgan fingerprint density at radius 1 is 1.26 bits per heavy atom. The third-order valence-corrected chi connectivity index (χ3v) is 5.86. The first-order chi connectivity index (χ1) is 9.15. The zero-order valence-electron chi connectivity index (χ0n) is 12.2. The zero-order chi connectivity index (χ0) is 13.3. The van der Waals surface area contributed by atoms with E-state index in [1.807, 2.05) is 0 Å². The third kappa shape index (κ3) is 3.13. The first-order valence-electron chi connectivity index (χ1n) is 8.12. The Labute approximate surface area is 116 Å². The molecule has 1 saturated heterocycles. The van der Waals surface area contributed by atoms with Gasteiger partial charge in [-0.15, -0.1) is 0 Å². The van der Waals surface area contributed by atoms with Crippen LogP contribution in [0.1, 0.15) is 51.9 Å². The van der Waals surface area contributed by atoms with Gasteiger partial charge in [-0.05, 0) is 68.4 Å². The molecule has 2 bridgehead atoms. The minimum atomic E-state index is 0.303. The van der Waals surface area contributed by atoms with Gasteiger partial charge in [-0.1, -0.05) is 13.3 Å². The summed E-state index contributed by atoms with van der Waals surface area (Å²) in [6, 6.07) is 0. The second-order valence-electron chi connectivity index (χ2n) is 7.48. The standard InChI is InChI=1S/C16H28N2O/c1-16(4-6-17-7-5-16)11-18-15(19)10-14-9-12-2-3-13(14)8-12/h12-14,17H,2-11H2,1H3,(H,18,19). The number of nitrogens with one attached hydrogen (secondary N) is 2. The summed E-state index contributed by atoms with van der Waals surface area (Å²) in [5.74, 6) is 2.81. The van der Waals surface area contributed by atoms with Crippen molar-refractivity contribution in [3.05, 3.63) is 0 Å². The van der Waals surface area contributed by atoms with Gasteiger partial charge in [0.15, 0.2) is 0 Å². The Balaban J connectivity index is 1.41. The van der Waals surface area contributed by atoms with Gasteiger partial charge in [-0.3, -0.25) is 4.79 Å². The first-order valence-corrected chi connectivity index (χ1v) is 8.12. The number of carbonyl (C=O) groups excluding carboxylic acids is 1. The monoisotopic (exact) mass is 264 g/mol. The molecule has 2 aliphatic carbocycles. The quantitative estimate of drug-likeness (QED) is 0.818. The largest absolute Gasteiger partial charge is 0.356 e. The minimum Gasteiger partial charge on any atom is -0.356 e. The molecule has 3 atom stereocenters. The van der Waals surface area contributed by atoms with Crippen LogP contribution in [-0.4, -0.2) is 25.5 Å². The molecule has 3 heteroatoms. The zero-order valence-corrected chi connectivity index (χ0v) is 12.2. The molecule has 1 aliphatic heterocycles. The van der Waals surface area contributed by atoms with Gasteiger partial charge < -0.3 is 10.6 Å². The molecule has 0 radical (unpaired) electrons. The molecule has 2 saturated carbocycles. The molecule has 3 rings (SSSR count). The molecule has 3 unspecified atom stereocenters. The number of piperidine rings is 1. The number of hydrogen-bond donors (Lipinski definition) is 2. The second-order valence-corrected chi connectivity index (χ2v) is 7.48. The van der Waals surface area contributed by atoms with Crippen molar-refractivity contribution in [2.24, 2.45) is 23.2 Å². The lowest BCUT2D eigenvalue weighted by molar-refractivity contribution is -0.123. The van der Waals surface area contributed by atoms with Crippen LogP contribution in [0.15, 0.2) is 0 Å². The van der Waals surface area contributed by atoms with Gasteiger partial charge in [0.25, 0.3) is 0 Å². The van der Waals surface area contributed by atoms with Gasteiger partial charge in [0.1, 0.15) is 0 Å². The van der Waals surface area contributed by atoms with E-state index in [0.717, 1.165) is 37.9 Å². The van der Waals surface area contributed by atoms with Gasteiger partial charge in [-0.25, -0.2) is 0 Å². The molecule has 3 nitrogen and oxygen atoms in total. The van der Waals surface area contributed by atoms with Crippen molar-refractivity contribution in [3.8, 4) is 0 Å². The molecule has 108 valence electrons. The summed E-state index contributed by atoms with van der Waals surface area (Å²) in [5.41, 5.74) is 0.315. The predicted octanol–water partition coefficient (Wildman–Crippen LogP) is 2.32. The molecule has 2 N–H and O–H groups in total. The smallest absolute Gasteiger partial charge is 0.220 e. The summed E-state index contributed by atoms with van der Waals surface area (Å²) in [6.45, 7) is 5.37. The van der Waals surface area contributed by atoms with Crippen LogP contribution < -0.4 is 10.6 Å². The van der Waals surface area contributed by atoms with Gasteiger partial charge in [-0.2, -0.15) is 0 Å². The number of fused-ring (bicyclic) bond motifs is 2. The molecule has 0 spiro atoms. The highest BCUT2D eigenvalue weighted by molar-refractivity contribution is 5.76. The van der Waals surface area contributed by atoms with Crippen LogP contribution >= 0.6 is 0 Å². The average Bonchev–Trinajstić information content (AvgIpc) is 3.00. The Hall–Kier alpha value is -0.570. The topological polar surface area (TPSA) is 41.1 Å². The summed E-state index contributed by atoms with van der Waals surface area (Å²) in [6.07, 6.45) is 8.68. The molecule has 0 aromatic carbocycles.